The SMILES string of the molecule is Cc1cccc(C)c1OCC(O)CNC(C)C1CCCC1. The Bertz CT molecular complexity index is 421. The molecule has 0 aliphatic heterocycles. The molecule has 2 N–H and O–H groups in total. The molecule has 0 aromatic heterocycles. The third-order valence-corrected chi connectivity index (χ3v) is 4.61. The van der Waals surface area contributed by atoms with Gasteiger partial charge in [0.2, 0.25) is 0 Å². The first-order valence-corrected chi connectivity index (χ1v) is 8.18. The number of ether oxygens (including phenoxy) is 1. The van der Waals surface area contributed by atoms with E-state index < -0.39 is 6.10 Å². The predicted molar refractivity (Wildman–Crippen MR) is 86.8 cm³/mol. The maximum Gasteiger partial charge on any atom is 0.125 e. The topological polar surface area (TPSA) is 41.5 Å². The van der Waals surface area contributed by atoms with Crippen LogP contribution in [-0.2, 0) is 0 Å². The Kier molecular flexibility index (Phi) is 6.07. The fraction of sp³-hybridized carbons (Fsp3) is 0.667. The van der Waals surface area contributed by atoms with Gasteiger partial charge in [-0.3, -0.25) is 0 Å². The number of hydrogen-bond donors (Lipinski definition) is 2. The summed E-state index contributed by atoms with van der Waals surface area (Å²) in [6.45, 7) is 7.25. The van der Waals surface area contributed by atoms with Crippen LogP contribution in [-0.4, -0.2) is 30.4 Å². The smallest absolute Gasteiger partial charge is 0.125 e. The standard InChI is InChI=1S/C18H29NO2/c1-13-7-6-8-14(2)18(13)21-12-17(20)11-19-15(3)16-9-4-5-10-16/h6-8,15-17,19-20H,4-5,9-12H2,1-3H3. The lowest BCUT2D eigenvalue weighted by molar-refractivity contribution is 0.101. The number of nitrogens with one attached hydrogen (secondary N) is 1. The number of benzene rings is 1. The van der Waals surface area contributed by atoms with Gasteiger partial charge in [-0.1, -0.05) is 31.0 Å². The van der Waals surface area contributed by atoms with Gasteiger partial charge in [0.1, 0.15) is 18.5 Å². The van der Waals surface area contributed by atoms with Gasteiger partial charge >= 0.3 is 0 Å². The number of aliphatic hydroxyl groups is 1. The first-order valence-electron chi connectivity index (χ1n) is 8.18. The molecule has 1 aromatic carbocycles. The molecule has 0 saturated heterocycles. The first-order chi connectivity index (χ1) is 10.1. The van der Waals surface area contributed by atoms with Crippen molar-refractivity contribution in [1.29, 1.82) is 0 Å². The van der Waals surface area contributed by atoms with Gasteiger partial charge in [0.25, 0.3) is 0 Å². The normalized spacial score (nSPS) is 18.7. The van der Waals surface area contributed by atoms with Crippen LogP contribution in [0, 0.1) is 19.8 Å². The molecule has 3 heteroatoms. The van der Waals surface area contributed by atoms with Gasteiger partial charge in [-0.15, -0.1) is 0 Å². The van der Waals surface area contributed by atoms with Gasteiger partial charge in [0, 0.05) is 12.6 Å². The van der Waals surface area contributed by atoms with Crippen LogP contribution in [0.5, 0.6) is 5.75 Å². The highest BCUT2D eigenvalue weighted by Gasteiger charge is 2.21. The molecule has 1 aromatic rings. The van der Waals surface area contributed by atoms with Crippen molar-refractivity contribution < 1.29 is 9.84 Å². The van der Waals surface area contributed by atoms with E-state index >= 15 is 0 Å². The van der Waals surface area contributed by atoms with E-state index in [1.807, 2.05) is 32.0 Å². The zero-order valence-corrected chi connectivity index (χ0v) is 13.6. The lowest BCUT2D eigenvalue weighted by Gasteiger charge is -2.22. The highest BCUT2D eigenvalue weighted by molar-refractivity contribution is 5.39. The van der Waals surface area contributed by atoms with Crippen molar-refractivity contribution in [3.63, 3.8) is 0 Å². The van der Waals surface area contributed by atoms with Crippen LogP contribution in [0.15, 0.2) is 18.2 Å². The van der Waals surface area contributed by atoms with Crippen molar-refractivity contribution in [2.24, 2.45) is 5.92 Å². The zero-order chi connectivity index (χ0) is 15.2. The van der Waals surface area contributed by atoms with E-state index in [1.165, 1.54) is 25.7 Å². The molecule has 2 atom stereocenters. The quantitative estimate of drug-likeness (QED) is 0.810. The maximum absolute atomic E-state index is 10.1. The lowest BCUT2D eigenvalue weighted by Crippen LogP contribution is -2.39. The molecule has 0 radical (unpaired) electrons. The summed E-state index contributed by atoms with van der Waals surface area (Å²) in [4.78, 5) is 0. The molecular formula is C18H29NO2. The Balaban J connectivity index is 1.73. The second-order valence-electron chi connectivity index (χ2n) is 6.43. The van der Waals surface area contributed by atoms with Crippen molar-refractivity contribution in [2.75, 3.05) is 13.2 Å². The average molecular weight is 291 g/mol. The van der Waals surface area contributed by atoms with E-state index in [1.54, 1.807) is 0 Å². The number of aliphatic hydroxyl groups excluding tert-OH is 1. The largest absolute Gasteiger partial charge is 0.490 e. The Labute approximate surface area is 128 Å². The van der Waals surface area contributed by atoms with E-state index in [9.17, 15) is 5.11 Å². The molecule has 2 rings (SSSR count). The summed E-state index contributed by atoms with van der Waals surface area (Å²) in [5.74, 6) is 1.68. The molecule has 0 spiro atoms. The summed E-state index contributed by atoms with van der Waals surface area (Å²) in [6.07, 6.45) is 4.89. The van der Waals surface area contributed by atoms with Crippen LogP contribution in [0.2, 0.25) is 0 Å². The highest BCUT2D eigenvalue weighted by Crippen LogP contribution is 2.27. The molecule has 1 saturated carbocycles. The highest BCUT2D eigenvalue weighted by atomic mass is 16.5. The Hall–Kier alpha value is -1.06. The third-order valence-electron chi connectivity index (χ3n) is 4.61. The Morgan fingerprint density at radius 2 is 1.86 bits per heavy atom. The Morgan fingerprint density at radius 1 is 1.24 bits per heavy atom. The van der Waals surface area contributed by atoms with E-state index in [-0.39, 0.29) is 0 Å². The molecule has 0 amide bonds. The monoisotopic (exact) mass is 291 g/mol. The summed E-state index contributed by atoms with van der Waals surface area (Å²) in [5.41, 5.74) is 2.24. The number of rotatable bonds is 7. The molecule has 1 aliphatic carbocycles. The summed E-state index contributed by atoms with van der Waals surface area (Å²) in [5, 5.41) is 13.6. The fourth-order valence-electron chi connectivity index (χ4n) is 3.21. The molecule has 1 aliphatic rings. The van der Waals surface area contributed by atoms with Crippen molar-refractivity contribution in [2.45, 2.75) is 58.6 Å². The van der Waals surface area contributed by atoms with Crippen molar-refractivity contribution >= 4 is 0 Å². The summed E-state index contributed by atoms with van der Waals surface area (Å²) >= 11 is 0. The second-order valence-corrected chi connectivity index (χ2v) is 6.43. The minimum Gasteiger partial charge on any atom is -0.490 e. The van der Waals surface area contributed by atoms with Crippen molar-refractivity contribution in [3.05, 3.63) is 29.3 Å². The molecular weight excluding hydrogens is 262 g/mol. The van der Waals surface area contributed by atoms with Gasteiger partial charge in [-0.05, 0) is 50.7 Å². The molecule has 21 heavy (non-hydrogen) atoms. The molecule has 0 heterocycles. The minimum atomic E-state index is -0.465. The zero-order valence-electron chi connectivity index (χ0n) is 13.6. The minimum absolute atomic E-state index is 0.343. The van der Waals surface area contributed by atoms with Crippen LogP contribution in [0.1, 0.15) is 43.7 Å². The number of aryl methyl sites for hydroxylation is 2. The second kappa shape index (κ2) is 7.81. The molecule has 2 unspecified atom stereocenters. The van der Waals surface area contributed by atoms with Crippen LogP contribution >= 0.6 is 0 Å². The van der Waals surface area contributed by atoms with Gasteiger partial charge < -0.3 is 15.2 Å². The van der Waals surface area contributed by atoms with Crippen molar-refractivity contribution in [3.8, 4) is 5.75 Å². The van der Waals surface area contributed by atoms with Gasteiger partial charge in [0.05, 0.1) is 0 Å². The summed E-state index contributed by atoms with van der Waals surface area (Å²) in [7, 11) is 0. The molecule has 0 bridgehead atoms. The Morgan fingerprint density at radius 3 is 2.48 bits per heavy atom. The maximum atomic E-state index is 10.1. The van der Waals surface area contributed by atoms with E-state index in [2.05, 4.69) is 12.2 Å². The van der Waals surface area contributed by atoms with Gasteiger partial charge in [-0.25, -0.2) is 0 Å². The van der Waals surface area contributed by atoms with E-state index in [4.69, 9.17) is 4.74 Å². The molecule has 118 valence electrons. The molecule has 1 fully saturated rings. The number of hydrogen-bond acceptors (Lipinski definition) is 3. The van der Waals surface area contributed by atoms with Gasteiger partial charge in [0.15, 0.2) is 0 Å². The first kappa shape index (κ1) is 16.3. The van der Waals surface area contributed by atoms with Gasteiger partial charge in [-0.2, -0.15) is 0 Å². The van der Waals surface area contributed by atoms with Crippen LogP contribution in [0.3, 0.4) is 0 Å². The lowest BCUT2D eigenvalue weighted by atomic mass is 10.00. The summed E-state index contributed by atoms with van der Waals surface area (Å²) in [6, 6.07) is 6.59. The number of para-hydroxylation sites is 1. The van der Waals surface area contributed by atoms with Crippen molar-refractivity contribution in [1.82, 2.24) is 5.32 Å². The fourth-order valence-corrected chi connectivity index (χ4v) is 3.21. The van der Waals surface area contributed by atoms with E-state index in [0.717, 1.165) is 22.8 Å². The predicted octanol–water partition coefficient (Wildman–Crippen LogP) is 3.21. The summed E-state index contributed by atoms with van der Waals surface area (Å²) < 4.78 is 5.80. The average Bonchev–Trinajstić information content (AvgIpc) is 2.98. The van der Waals surface area contributed by atoms with Crippen LogP contribution in [0.25, 0.3) is 0 Å². The van der Waals surface area contributed by atoms with Crippen LogP contribution in [0.4, 0.5) is 0 Å². The van der Waals surface area contributed by atoms with E-state index in [0.29, 0.717) is 19.2 Å². The van der Waals surface area contributed by atoms with Crippen LogP contribution < -0.4 is 10.1 Å². The third kappa shape index (κ3) is 4.72. The molecule has 3 nitrogen and oxygen atoms in total.